The molecule has 0 radical (unpaired) electrons. The van der Waals surface area contributed by atoms with Gasteiger partial charge in [-0.25, -0.2) is 0 Å². The number of carbonyl (C=O) groups excluding carboxylic acids is 1. The van der Waals surface area contributed by atoms with Crippen LogP contribution in [0.4, 0.5) is 0 Å². The first-order valence-corrected chi connectivity index (χ1v) is 6.62. The van der Waals surface area contributed by atoms with Crippen LogP contribution in [-0.2, 0) is 4.79 Å². The molecule has 0 spiro atoms. The number of amides is 1. The fraction of sp³-hybridized carbons (Fsp3) is 0.929. The van der Waals surface area contributed by atoms with E-state index in [0.29, 0.717) is 17.8 Å². The summed E-state index contributed by atoms with van der Waals surface area (Å²) >= 11 is 0. The Morgan fingerprint density at radius 1 is 1.25 bits per heavy atom. The second kappa shape index (κ2) is 7.70. The Hall–Kier alpha value is -0.530. The minimum absolute atomic E-state index is 0.216. The Balaban J connectivity index is 3.62. The van der Waals surface area contributed by atoms with Gasteiger partial charge in [0.1, 0.15) is 0 Å². The fourth-order valence-corrected chi connectivity index (χ4v) is 2.11. The van der Waals surface area contributed by atoms with E-state index in [9.17, 15) is 4.79 Å². The van der Waals surface area contributed by atoms with Crippen molar-refractivity contribution in [1.82, 2.24) is 5.32 Å². The van der Waals surface area contributed by atoms with Crippen LogP contribution in [0.25, 0.3) is 0 Å². The molecule has 0 aliphatic carbocycles. The summed E-state index contributed by atoms with van der Waals surface area (Å²) in [4.78, 5) is 11.6. The van der Waals surface area contributed by atoms with Crippen molar-refractivity contribution in [1.29, 1.82) is 0 Å². The summed E-state index contributed by atoms with van der Waals surface area (Å²) in [7, 11) is 0. The van der Waals surface area contributed by atoms with E-state index < -0.39 is 0 Å². The van der Waals surface area contributed by atoms with E-state index in [1.54, 1.807) is 0 Å². The molecule has 0 saturated carbocycles. The first-order valence-electron chi connectivity index (χ1n) is 6.62. The molecule has 0 heterocycles. The minimum Gasteiger partial charge on any atom is -0.356 e. The molecule has 1 N–H and O–H groups in total. The van der Waals surface area contributed by atoms with Gasteiger partial charge in [0.2, 0.25) is 5.91 Å². The zero-order valence-corrected chi connectivity index (χ0v) is 11.7. The van der Waals surface area contributed by atoms with E-state index in [1.807, 2.05) is 0 Å². The van der Waals surface area contributed by atoms with Crippen molar-refractivity contribution in [3.05, 3.63) is 0 Å². The highest BCUT2D eigenvalue weighted by atomic mass is 16.1. The van der Waals surface area contributed by atoms with Gasteiger partial charge in [-0.05, 0) is 24.2 Å². The quantitative estimate of drug-likeness (QED) is 0.659. The molecule has 0 aromatic rings. The van der Waals surface area contributed by atoms with Crippen LogP contribution in [0.1, 0.15) is 66.7 Å². The van der Waals surface area contributed by atoms with Crippen molar-refractivity contribution >= 4 is 5.91 Å². The standard InChI is InChI=1S/C14H29NO/c1-6-7-8-9-15-13(16)10-12(2)11-14(3,4)5/h12H,6-11H2,1-5H3,(H,15,16). The third kappa shape index (κ3) is 10.0. The maximum absolute atomic E-state index is 11.6. The first-order chi connectivity index (χ1) is 7.35. The molecule has 1 atom stereocenters. The number of hydrogen-bond donors (Lipinski definition) is 1. The van der Waals surface area contributed by atoms with Gasteiger partial charge < -0.3 is 5.32 Å². The van der Waals surface area contributed by atoms with Crippen LogP contribution in [0.2, 0.25) is 0 Å². The predicted molar refractivity (Wildman–Crippen MR) is 70.4 cm³/mol. The van der Waals surface area contributed by atoms with Crippen molar-refractivity contribution in [3.63, 3.8) is 0 Å². The largest absolute Gasteiger partial charge is 0.356 e. The van der Waals surface area contributed by atoms with Gasteiger partial charge in [-0.1, -0.05) is 47.5 Å². The average molecular weight is 227 g/mol. The van der Waals surface area contributed by atoms with Crippen molar-refractivity contribution in [3.8, 4) is 0 Å². The van der Waals surface area contributed by atoms with Crippen LogP contribution in [-0.4, -0.2) is 12.5 Å². The summed E-state index contributed by atoms with van der Waals surface area (Å²) < 4.78 is 0. The maximum atomic E-state index is 11.6. The molecule has 1 unspecified atom stereocenters. The van der Waals surface area contributed by atoms with Gasteiger partial charge in [-0.2, -0.15) is 0 Å². The SMILES string of the molecule is CCCCCNC(=O)CC(C)CC(C)(C)C. The molecule has 0 aromatic carbocycles. The molecule has 0 rings (SSSR count). The Morgan fingerprint density at radius 2 is 1.88 bits per heavy atom. The molecule has 96 valence electrons. The molecule has 0 aromatic heterocycles. The fourth-order valence-electron chi connectivity index (χ4n) is 2.11. The summed E-state index contributed by atoms with van der Waals surface area (Å²) in [6.07, 6.45) is 5.29. The summed E-state index contributed by atoms with van der Waals surface area (Å²) in [6, 6.07) is 0. The van der Waals surface area contributed by atoms with E-state index in [-0.39, 0.29) is 5.91 Å². The maximum Gasteiger partial charge on any atom is 0.220 e. The van der Waals surface area contributed by atoms with Gasteiger partial charge in [-0.3, -0.25) is 4.79 Å². The normalized spacial score (nSPS) is 13.6. The molecule has 0 bridgehead atoms. The molecular weight excluding hydrogens is 198 g/mol. The Kier molecular flexibility index (Phi) is 7.44. The van der Waals surface area contributed by atoms with Crippen LogP contribution in [0, 0.1) is 11.3 Å². The van der Waals surface area contributed by atoms with Crippen molar-refractivity contribution in [2.75, 3.05) is 6.54 Å². The monoisotopic (exact) mass is 227 g/mol. The third-order valence-electron chi connectivity index (χ3n) is 2.60. The molecule has 16 heavy (non-hydrogen) atoms. The molecule has 0 aliphatic heterocycles. The number of rotatable bonds is 7. The van der Waals surface area contributed by atoms with Crippen LogP contribution in [0.5, 0.6) is 0 Å². The van der Waals surface area contributed by atoms with E-state index in [2.05, 4.69) is 39.9 Å². The predicted octanol–water partition coefficient (Wildman–Crippen LogP) is 3.76. The van der Waals surface area contributed by atoms with Crippen LogP contribution in [0.3, 0.4) is 0 Å². The van der Waals surface area contributed by atoms with Crippen molar-refractivity contribution in [2.45, 2.75) is 66.7 Å². The van der Waals surface area contributed by atoms with Gasteiger partial charge in [-0.15, -0.1) is 0 Å². The molecule has 2 heteroatoms. The van der Waals surface area contributed by atoms with E-state index in [1.165, 1.54) is 12.8 Å². The number of carbonyl (C=O) groups is 1. The van der Waals surface area contributed by atoms with Crippen LogP contribution < -0.4 is 5.32 Å². The molecular formula is C14H29NO. The minimum atomic E-state index is 0.216. The third-order valence-corrected chi connectivity index (χ3v) is 2.60. The number of nitrogens with one attached hydrogen (secondary N) is 1. The van der Waals surface area contributed by atoms with Gasteiger partial charge in [0.25, 0.3) is 0 Å². The highest BCUT2D eigenvalue weighted by Gasteiger charge is 2.17. The first kappa shape index (κ1) is 15.5. The summed E-state index contributed by atoms with van der Waals surface area (Å²) in [5.74, 6) is 0.694. The number of unbranched alkanes of at least 4 members (excludes halogenated alkanes) is 2. The highest BCUT2D eigenvalue weighted by molar-refractivity contribution is 5.76. The Morgan fingerprint density at radius 3 is 2.38 bits per heavy atom. The lowest BCUT2D eigenvalue weighted by atomic mass is 9.84. The summed E-state index contributed by atoms with van der Waals surface area (Å²) in [6.45, 7) is 11.9. The molecule has 2 nitrogen and oxygen atoms in total. The molecule has 0 fully saturated rings. The van der Waals surface area contributed by atoms with Crippen LogP contribution >= 0.6 is 0 Å². The average Bonchev–Trinajstić information content (AvgIpc) is 2.09. The Labute approximate surface area is 101 Å². The molecule has 1 amide bonds. The summed E-state index contributed by atoms with van der Waals surface area (Å²) in [5, 5.41) is 3.00. The smallest absolute Gasteiger partial charge is 0.220 e. The van der Waals surface area contributed by atoms with Crippen LogP contribution in [0.15, 0.2) is 0 Å². The summed E-state index contributed by atoms with van der Waals surface area (Å²) in [5.41, 5.74) is 0.321. The van der Waals surface area contributed by atoms with Gasteiger partial charge >= 0.3 is 0 Å². The van der Waals surface area contributed by atoms with E-state index in [4.69, 9.17) is 0 Å². The van der Waals surface area contributed by atoms with E-state index in [0.717, 1.165) is 19.4 Å². The second-order valence-electron chi connectivity index (χ2n) is 6.13. The lowest BCUT2D eigenvalue weighted by Crippen LogP contribution is -2.27. The lowest BCUT2D eigenvalue weighted by molar-refractivity contribution is -0.122. The lowest BCUT2D eigenvalue weighted by Gasteiger charge is -2.22. The number of hydrogen-bond acceptors (Lipinski definition) is 1. The van der Waals surface area contributed by atoms with E-state index >= 15 is 0 Å². The van der Waals surface area contributed by atoms with Crippen molar-refractivity contribution < 1.29 is 4.79 Å². The highest BCUT2D eigenvalue weighted by Crippen LogP contribution is 2.25. The molecule has 0 aliphatic rings. The van der Waals surface area contributed by atoms with Crippen molar-refractivity contribution in [2.24, 2.45) is 11.3 Å². The topological polar surface area (TPSA) is 29.1 Å². The molecule has 0 saturated heterocycles. The van der Waals surface area contributed by atoms with Gasteiger partial charge in [0.15, 0.2) is 0 Å². The zero-order valence-electron chi connectivity index (χ0n) is 11.7. The van der Waals surface area contributed by atoms with Gasteiger partial charge in [0, 0.05) is 13.0 Å². The zero-order chi connectivity index (χ0) is 12.6. The van der Waals surface area contributed by atoms with Gasteiger partial charge in [0.05, 0.1) is 0 Å². The Bertz CT molecular complexity index is 193. The second-order valence-corrected chi connectivity index (χ2v) is 6.13.